The molecule has 0 saturated carbocycles. The molecule has 0 amide bonds. The van der Waals surface area contributed by atoms with Crippen LogP contribution < -0.4 is 0 Å². The van der Waals surface area contributed by atoms with Gasteiger partial charge in [-0.25, -0.2) is 13.2 Å². The first-order valence-electron chi connectivity index (χ1n) is 7.33. The molecule has 0 atom stereocenters. The highest BCUT2D eigenvalue weighted by Gasteiger charge is 2.16. The number of hydrogen-bond acceptors (Lipinski definition) is 2. The lowest BCUT2D eigenvalue weighted by Gasteiger charge is -2.14. The summed E-state index contributed by atoms with van der Waals surface area (Å²) in [6, 6.07) is 2.22. The summed E-state index contributed by atoms with van der Waals surface area (Å²) in [7, 11) is -1.36. The second-order valence-corrected chi connectivity index (χ2v) is 6.60. The van der Waals surface area contributed by atoms with Gasteiger partial charge in [-0.2, -0.15) is 0 Å². The van der Waals surface area contributed by atoms with Crippen LogP contribution in [-0.2, 0) is 15.3 Å². The van der Waals surface area contributed by atoms with E-state index in [4.69, 9.17) is 8.85 Å². The zero-order chi connectivity index (χ0) is 15.7. The molecule has 1 aromatic carbocycles. The SMILES string of the molecule is CCCO[Si](CCCc1cc(F)c(F)cc1F)OCCC. The Balaban J connectivity index is 2.47. The fourth-order valence-corrected chi connectivity index (χ4v) is 3.50. The second kappa shape index (κ2) is 9.97. The quantitative estimate of drug-likeness (QED) is 0.471. The van der Waals surface area contributed by atoms with Gasteiger partial charge in [-0.15, -0.1) is 0 Å². The molecular weight excluding hydrogens is 297 g/mol. The molecule has 1 radical (unpaired) electrons. The summed E-state index contributed by atoms with van der Waals surface area (Å²) in [5, 5.41) is 0. The Hall–Kier alpha value is -0.853. The predicted molar refractivity (Wildman–Crippen MR) is 77.7 cm³/mol. The zero-order valence-corrected chi connectivity index (χ0v) is 13.6. The minimum absolute atomic E-state index is 0.196. The van der Waals surface area contributed by atoms with Gasteiger partial charge in [0.15, 0.2) is 11.6 Å². The van der Waals surface area contributed by atoms with Crippen LogP contribution in [0.3, 0.4) is 0 Å². The third-order valence-electron chi connectivity index (χ3n) is 2.85. The minimum Gasteiger partial charge on any atom is -0.393 e. The summed E-state index contributed by atoms with van der Waals surface area (Å²) in [4.78, 5) is 0. The zero-order valence-electron chi connectivity index (χ0n) is 12.6. The van der Waals surface area contributed by atoms with E-state index in [1.807, 2.05) is 13.8 Å². The summed E-state index contributed by atoms with van der Waals surface area (Å²) in [6.07, 6.45) is 2.81. The van der Waals surface area contributed by atoms with Crippen molar-refractivity contribution in [2.45, 2.75) is 45.6 Å². The second-order valence-electron chi connectivity index (χ2n) is 4.78. The molecule has 0 aliphatic carbocycles. The molecule has 1 rings (SSSR count). The molecule has 0 bridgehead atoms. The van der Waals surface area contributed by atoms with Gasteiger partial charge >= 0.3 is 9.28 Å². The van der Waals surface area contributed by atoms with Crippen molar-refractivity contribution in [1.29, 1.82) is 0 Å². The van der Waals surface area contributed by atoms with E-state index in [2.05, 4.69) is 0 Å². The van der Waals surface area contributed by atoms with E-state index in [-0.39, 0.29) is 5.56 Å². The lowest BCUT2D eigenvalue weighted by Crippen LogP contribution is -2.24. The first-order valence-corrected chi connectivity index (χ1v) is 8.85. The van der Waals surface area contributed by atoms with E-state index in [0.29, 0.717) is 38.2 Å². The third-order valence-corrected chi connectivity index (χ3v) is 4.66. The maximum Gasteiger partial charge on any atom is 0.384 e. The lowest BCUT2D eigenvalue weighted by molar-refractivity contribution is 0.196. The molecule has 0 saturated heterocycles. The Bertz CT molecular complexity index is 422. The van der Waals surface area contributed by atoms with Crippen molar-refractivity contribution in [3.8, 4) is 0 Å². The highest BCUT2D eigenvalue weighted by molar-refractivity contribution is 6.44. The maximum absolute atomic E-state index is 13.5. The Morgan fingerprint density at radius 2 is 1.48 bits per heavy atom. The molecule has 119 valence electrons. The summed E-state index contributed by atoms with van der Waals surface area (Å²) < 4.78 is 50.7. The molecule has 0 fully saturated rings. The topological polar surface area (TPSA) is 18.5 Å². The first-order chi connectivity index (χ1) is 10.1. The van der Waals surface area contributed by atoms with Crippen LogP contribution in [0.25, 0.3) is 0 Å². The molecule has 0 N–H and O–H groups in total. The van der Waals surface area contributed by atoms with Gasteiger partial charge in [0.25, 0.3) is 0 Å². The molecule has 6 heteroatoms. The molecule has 0 aliphatic heterocycles. The third kappa shape index (κ3) is 6.63. The monoisotopic (exact) mass is 319 g/mol. The van der Waals surface area contributed by atoms with Crippen LogP contribution >= 0.6 is 0 Å². The molecule has 1 aromatic rings. The molecule has 0 spiro atoms. The number of hydrogen-bond donors (Lipinski definition) is 0. The fourth-order valence-electron chi connectivity index (χ4n) is 1.80. The maximum atomic E-state index is 13.5. The summed E-state index contributed by atoms with van der Waals surface area (Å²) in [5.74, 6) is -2.87. The molecule has 0 aliphatic rings. The van der Waals surface area contributed by atoms with Gasteiger partial charge in [-0.05, 0) is 43.4 Å². The van der Waals surface area contributed by atoms with Crippen LogP contribution in [-0.4, -0.2) is 22.5 Å². The van der Waals surface area contributed by atoms with E-state index >= 15 is 0 Å². The van der Waals surface area contributed by atoms with Gasteiger partial charge in [0.2, 0.25) is 0 Å². The van der Waals surface area contributed by atoms with Crippen LogP contribution in [0.2, 0.25) is 6.04 Å². The fraction of sp³-hybridized carbons (Fsp3) is 0.600. The molecule has 21 heavy (non-hydrogen) atoms. The normalized spacial score (nSPS) is 11.3. The number of rotatable bonds is 10. The van der Waals surface area contributed by atoms with Crippen molar-refractivity contribution >= 4 is 9.28 Å². The first kappa shape index (κ1) is 18.2. The molecule has 2 nitrogen and oxygen atoms in total. The number of benzene rings is 1. The Morgan fingerprint density at radius 1 is 0.905 bits per heavy atom. The average Bonchev–Trinajstić information content (AvgIpc) is 2.46. The molecular formula is C15H22F3O2Si. The Morgan fingerprint density at radius 3 is 2.05 bits per heavy atom. The van der Waals surface area contributed by atoms with Crippen molar-refractivity contribution in [3.05, 3.63) is 35.1 Å². The van der Waals surface area contributed by atoms with E-state index in [1.165, 1.54) is 0 Å². The van der Waals surface area contributed by atoms with Crippen molar-refractivity contribution in [2.75, 3.05) is 13.2 Å². The van der Waals surface area contributed by atoms with Crippen LogP contribution in [0.5, 0.6) is 0 Å². The van der Waals surface area contributed by atoms with Crippen LogP contribution in [0.4, 0.5) is 13.2 Å². The molecule has 0 heterocycles. The summed E-state index contributed by atoms with van der Waals surface area (Å²) >= 11 is 0. The highest BCUT2D eigenvalue weighted by Crippen LogP contribution is 2.17. The molecule has 0 unspecified atom stereocenters. The van der Waals surface area contributed by atoms with Crippen molar-refractivity contribution in [1.82, 2.24) is 0 Å². The number of aryl methyl sites for hydroxylation is 1. The Labute approximate surface area is 126 Å². The van der Waals surface area contributed by atoms with Gasteiger partial charge in [-0.1, -0.05) is 13.8 Å². The standard InChI is InChI=1S/C15H22F3O2Si/c1-3-7-19-21(20-8-4-2)9-5-6-12-10-14(17)15(18)11-13(12)16/h10-11H,3-9H2,1-2H3. The van der Waals surface area contributed by atoms with Crippen LogP contribution in [0.15, 0.2) is 12.1 Å². The number of halogens is 3. The Kier molecular flexibility index (Phi) is 8.64. The van der Waals surface area contributed by atoms with Crippen molar-refractivity contribution < 1.29 is 22.0 Å². The van der Waals surface area contributed by atoms with Gasteiger partial charge in [-0.3, -0.25) is 0 Å². The largest absolute Gasteiger partial charge is 0.393 e. The average molecular weight is 319 g/mol. The summed E-state index contributed by atoms with van der Waals surface area (Å²) in [6.45, 7) is 5.35. The van der Waals surface area contributed by atoms with E-state index < -0.39 is 26.7 Å². The van der Waals surface area contributed by atoms with Crippen molar-refractivity contribution in [2.24, 2.45) is 0 Å². The smallest absolute Gasteiger partial charge is 0.384 e. The van der Waals surface area contributed by atoms with Crippen LogP contribution in [0, 0.1) is 17.5 Å². The van der Waals surface area contributed by atoms with E-state index in [1.54, 1.807) is 0 Å². The minimum atomic E-state index is -1.36. The van der Waals surface area contributed by atoms with Gasteiger partial charge in [0.05, 0.1) is 0 Å². The van der Waals surface area contributed by atoms with Crippen molar-refractivity contribution in [3.63, 3.8) is 0 Å². The van der Waals surface area contributed by atoms with E-state index in [9.17, 15) is 13.2 Å². The van der Waals surface area contributed by atoms with E-state index in [0.717, 1.165) is 18.9 Å². The lowest BCUT2D eigenvalue weighted by atomic mass is 10.1. The summed E-state index contributed by atoms with van der Waals surface area (Å²) in [5.41, 5.74) is 0.196. The highest BCUT2D eigenvalue weighted by atomic mass is 28.3. The van der Waals surface area contributed by atoms with Gasteiger partial charge < -0.3 is 8.85 Å². The molecule has 0 aromatic heterocycles. The van der Waals surface area contributed by atoms with Gasteiger partial charge in [0, 0.05) is 19.3 Å². The van der Waals surface area contributed by atoms with Crippen LogP contribution in [0.1, 0.15) is 38.7 Å². The predicted octanol–water partition coefficient (Wildman–Crippen LogP) is 4.38. The van der Waals surface area contributed by atoms with Gasteiger partial charge in [0.1, 0.15) is 5.82 Å².